The van der Waals surface area contributed by atoms with Crippen LogP contribution in [0.15, 0.2) is 4.90 Å². The van der Waals surface area contributed by atoms with Crippen LogP contribution in [0.5, 0.6) is 0 Å². The van der Waals surface area contributed by atoms with Crippen molar-refractivity contribution in [3.8, 4) is 0 Å². The summed E-state index contributed by atoms with van der Waals surface area (Å²) < 4.78 is 28.5. The summed E-state index contributed by atoms with van der Waals surface area (Å²) in [4.78, 5) is 0.221. The maximum Gasteiger partial charge on any atom is 0.244 e. The van der Waals surface area contributed by atoms with Crippen molar-refractivity contribution in [2.45, 2.75) is 32.6 Å². The standard InChI is InChI=1S/C11H21N3O3S/c1-8-10(9(2)14(5)13-8)18(16,17)12-6-11(3,4)7-15/h12,15H,6-7H2,1-5H3. The van der Waals surface area contributed by atoms with Crippen LogP contribution in [0.25, 0.3) is 0 Å². The van der Waals surface area contributed by atoms with E-state index >= 15 is 0 Å². The summed E-state index contributed by atoms with van der Waals surface area (Å²) >= 11 is 0. The van der Waals surface area contributed by atoms with Crippen LogP contribution in [0.2, 0.25) is 0 Å². The third-order valence-electron chi connectivity index (χ3n) is 2.88. The van der Waals surface area contributed by atoms with E-state index in [1.165, 1.54) is 0 Å². The van der Waals surface area contributed by atoms with E-state index in [1.54, 1.807) is 39.4 Å². The van der Waals surface area contributed by atoms with Crippen molar-refractivity contribution in [1.29, 1.82) is 0 Å². The van der Waals surface area contributed by atoms with Gasteiger partial charge in [0.15, 0.2) is 0 Å². The van der Waals surface area contributed by atoms with Gasteiger partial charge < -0.3 is 5.11 Å². The molecule has 0 aliphatic carbocycles. The second kappa shape index (κ2) is 4.99. The van der Waals surface area contributed by atoms with E-state index in [9.17, 15) is 8.42 Å². The number of nitrogens with zero attached hydrogens (tertiary/aromatic N) is 2. The monoisotopic (exact) mass is 275 g/mol. The number of aliphatic hydroxyl groups is 1. The molecule has 1 aromatic heterocycles. The molecular weight excluding hydrogens is 254 g/mol. The number of hydrogen-bond donors (Lipinski definition) is 2. The molecular formula is C11H21N3O3S. The van der Waals surface area contributed by atoms with Crippen LogP contribution in [-0.2, 0) is 17.1 Å². The number of hydrogen-bond acceptors (Lipinski definition) is 4. The highest BCUT2D eigenvalue weighted by Crippen LogP contribution is 2.20. The van der Waals surface area contributed by atoms with Gasteiger partial charge in [-0.1, -0.05) is 13.8 Å². The Balaban J connectivity index is 3.01. The first kappa shape index (κ1) is 15.1. The molecule has 0 amide bonds. The maximum absolute atomic E-state index is 12.2. The molecule has 0 atom stereocenters. The first-order valence-corrected chi connectivity index (χ1v) is 7.20. The van der Waals surface area contributed by atoms with Crippen molar-refractivity contribution >= 4 is 10.0 Å². The second-order valence-corrected chi connectivity index (χ2v) is 6.97. The van der Waals surface area contributed by atoms with Gasteiger partial charge in [-0.05, 0) is 13.8 Å². The molecule has 0 aliphatic heterocycles. The van der Waals surface area contributed by atoms with Crippen molar-refractivity contribution in [1.82, 2.24) is 14.5 Å². The Morgan fingerprint density at radius 2 is 1.94 bits per heavy atom. The molecule has 0 spiro atoms. The van der Waals surface area contributed by atoms with Crippen molar-refractivity contribution in [2.24, 2.45) is 12.5 Å². The first-order chi connectivity index (χ1) is 8.10. The first-order valence-electron chi connectivity index (χ1n) is 5.71. The fourth-order valence-corrected chi connectivity index (χ4v) is 3.24. The Kier molecular flexibility index (Phi) is 4.19. The average molecular weight is 275 g/mol. The molecule has 0 saturated carbocycles. The number of nitrogens with one attached hydrogen (secondary N) is 1. The molecule has 1 heterocycles. The largest absolute Gasteiger partial charge is 0.396 e. The zero-order valence-electron chi connectivity index (χ0n) is 11.5. The predicted molar refractivity (Wildman–Crippen MR) is 68.7 cm³/mol. The summed E-state index contributed by atoms with van der Waals surface area (Å²) in [5, 5.41) is 13.2. The van der Waals surface area contributed by atoms with E-state index in [-0.39, 0.29) is 18.0 Å². The van der Waals surface area contributed by atoms with Gasteiger partial charge in [-0.2, -0.15) is 5.10 Å². The van der Waals surface area contributed by atoms with Crippen LogP contribution in [0.3, 0.4) is 0 Å². The molecule has 1 aromatic rings. The Morgan fingerprint density at radius 1 is 1.39 bits per heavy atom. The number of rotatable bonds is 5. The lowest BCUT2D eigenvalue weighted by atomic mass is 9.96. The van der Waals surface area contributed by atoms with Gasteiger partial charge in [-0.25, -0.2) is 13.1 Å². The number of aryl methyl sites for hydroxylation is 2. The molecule has 6 nitrogen and oxygen atoms in total. The Labute approximate surface area is 108 Å². The quantitative estimate of drug-likeness (QED) is 0.811. The lowest BCUT2D eigenvalue weighted by Crippen LogP contribution is -2.36. The van der Waals surface area contributed by atoms with E-state index < -0.39 is 15.4 Å². The average Bonchev–Trinajstić information content (AvgIpc) is 2.51. The molecule has 1 rings (SSSR count). The predicted octanol–water partition coefficient (Wildman–Crippen LogP) is 0.334. The van der Waals surface area contributed by atoms with Crippen molar-refractivity contribution < 1.29 is 13.5 Å². The van der Waals surface area contributed by atoms with Gasteiger partial charge in [0.2, 0.25) is 10.0 Å². The minimum atomic E-state index is -3.59. The molecule has 0 saturated heterocycles. The number of aromatic nitrogens is 2. The summed E-state index contributed by atoms with van der Waals surface area (Å²) in [6.07, 6.45) is 0. The number of sulfonamides is 1. The van der Waals surface area contributed by atoms with Crippen LogP contribution in [0, 0.1) is 19.3 Å². The molecule has 0 bridgehead atoms. The summed E-state index contributed by atoms with van der Waals surface area (Å²) in [7, 11) is -1.88. The van der Waals surface area contributed by atoms with Gasteiger partial charge in [0.25, 0.3) is 0 Å². The topological polar surface area (TPSA) is 84.2 Å². The Hall–Kier alpha value is -0.920. The van der Waals surface area contributed by atoms with Crippen LogP contribution in [0.4, 0.5) is 0 Å². The molecule has 0 aliphatic rings. The van der Waals surface area contributed by atoms with E-state index in [0.29, 0.717) is 11.4 Å². The fourth-order valence-electron chi connectivity index (χ4n) is 1.56. The van der Waals surface area contributed by atoms with Gasteiger partial charge in [-0.15, -0.1) is 0 Å². The van der Waals surface area contributed by atoms with Gasteiger partial charge >= 0.3 is 0 Å². The molecule has 0 aromatic carbocycles. The van der Waals surface area contributed by atoms with Crippen LogP contribution in [0.1, 0.15) is 25.2 Å². The summed E-state index contributed by atoms with van der Waals surface area (Å²) in [5.41, 5.74) is 0.586. The Bertz CT molecular complexity index is 532. The van der Waals surface area contributed by atoms with E-state index in [1.807, 2.05) is 0 Å². The molecule has 7 heteroatoms. The Morgan fingerprint density at radius 3 is 2.33 bits per heavy atom. The third kappa shape index (κ3) is 3.09. The summed E-state index contributed by atoms with van der Waals surface area (Å²) in [5.74, 6) is 0. The third-order valence-corrected chi connectivity index (χ3v) is 4.53. The summed E-state index contributed by atoms with van der Waals surface area (Å²) in [6, 6.07) is 0. The highest BCUT2D eigenvalue weighted by Gasteiger charge is 2.26. The van der Waals surface area contributed by atoms with E-state index in [2.05, 4.69) is 9.82 Å². The maximum atomic E-state index is 12.2. The smallest absolute Gasteiger partial charge is 0.244 e. The summed E-state index contributed by atoms with van der Waals surface area (Å²) in [6.45, 7) is 7.06. The van der Waals surface area contributed by atoms with E-state index in [0.717, 1.165) is 0 Å². The van der Waals surface area contributed by atoms with Gasteiger partial charge in [-0.3, -0.25) is 4.68 Å². The lowest BCUT2D eigenvalue weighted by molar-refractivity contribution is 0.163. The fraction of sp³-hybridized carbons (Fsp3) is 0.727. The zero-order valence-corrected chi connectivity index (χ0v) is 12.3. The van der Waals surface area contributed by atoms with Crippen molar-refractivity contribution in [3.05, 3.63) is 11.4 Å². The van der Waals surface area contributed by atoms with Gasteiger partial charge in [0.1, 0.15) is 4.90 Å². The molecule has 104 valence electrons. The van der Waals surface area contributed by atoms with Crippen LogP contribution < -0.4 is 4.72 Å². The molecule has 0 unspecified atom stereocenters. The molecule has 2 N–H and O–H groups in total. The minimum Gasteiger partial charge on any atom is -0.396 e. The van der Waals surface area contributed by atoms with Crippen LogP contribution in [-0.4, -0.2) is 36.5 Å². The molecule has 0 radical (unpaired) electrons. The highest BCUT2D eigenvalue weighted by atomic mass is 32.2. The second-order valence-electron chi connectivity index (χ2n) is 5.27. The lowest BCUT2D eigenvalue weighted by Gasteiger charge is -2.21. The van der Waals surface area contributed by atoms with Crippen molar-refractivity contribution in [2.75, 3.05) is 13.2 Å². The van der Waals surface area contributed by atoms with Gasteiger partial charge in [0, 0.05) is 25.6 Å². The molecule has 0 fully saturated rings. The highest BCUT2D eigenvalue weighted by molar-refractivity contribution is 7.89. The zero-order chi connectivity index (χ0) is 14.1. The van der Waals surface area contributed by atoms with Crippen molar-refractivity contribution in [3.63, 3.8) is 0 Å². The molecule has 18 heavy (non-hydrogen) atoms. The van der Waals surface area contributed by atoms with E-state index in [4.69, 9.17) is 5.11 Å². The minimum absolute atomic E-state index is 0.0828. The van der Waals surface area contributed by atoms with Crippen LogP contribution >= 0.6 is 0 Å². The SMILES string of the molecule is Cc1nn(C)c(C)c1S(=O)(=O)NCC(C)(C)CO. The number of aliphatic hydroxyl groups excluding tert-OH is 1. The van der Waals surface area contributed by atoms with Gasteiger partial charge in [0.05, 0.1) is 11.4 Å². The normalized spacial score (nSPS) is 13.0.